The number of allylic oxidation sites excluding steroid dienone is 6. The van der Waals surface area contributed by atoms with Crippen molar-refractivity contribution in [2.45, 2.75) is 219 Å². The molecule has 10 N–H and O–H groups in total. The van der Waals surface area contributed by atoms with E-state index in [0.717, 1.165) is 52.8 Å². The van der Waals surface area contributed by atoms with Crippen LogP contribution in [0, 0.1) is 35.5 Å². The van der Waals surface area contributed by atoms with Gasteiger partial charge in [-0.15, -0.1) is 5.53 Å². The number of Topliss-reactive ketones (excluding diaryl/α,β-unsaturated/α-hetero) is 3. The zero-order valence-corrected chi connectivity index (χ0v) is 76.8. The maximum atomic E-state index is 14.9. The van der Waals surface area contributed by atoms with Gasteiger partial charge in [-0.25, -0.2) is 29.4 Å². The predicted molar refractivity (Wildman–Crippen MR) is 487 cm³/mol. The zero-order valence-electron chi connectivity index (χ0n) is 76.8. The van der Waals surface area contributed by atoms with Crippen LogP contribution < -0.4 is 32.6 Å². The number of aromatic nitrogens is 7. The second-order valence-corrected chi connectivity index (χ2v) is 35.6. The van der Waals surface area contributed by atoms with E-state index in [9.17, 15) is 44.1 Å². The van der Waals surface area contributed by atoms with Gasteiger partial charge in [-0.1, -0.05) is 89.3 Å². The summed E-state index contributed by atoms with van der Waals surface area (Å²) in [5.74, 6) is -7.57. The van der Waals surface area contributed by atoms with Gasteiger partial charge in [0.2, 0.25) is 17.6 Å². The molecule has 130 heavy (non-hydrogen) atoms. The van der Waals surface area contributed by atoms with E-state index < -0.39 is 83.7 Å². The Kier molecular flexibility index (Phi) is 36.6. The predicted octanol–water partition coefficient (Wildman–Crippen LogP) is 8.66. The fourth-order valence-electron chi connectivity index (χ4n) is 18.3. The number of benzene rings is 2. The minimum Gasteiger partial charge on any atom is -0.460 e. The molecule has 5 aliphatic heterocycles. The second kappa shape index (κ2) is 48.0. The molecule has 6 aliphatic rings. The number of piperidine rings is 1. The summed E-state index contributed by atoms with van der Waals surface area (Å²) >= 11 is 0. The Hall–Kier alpha value is -9.86. The van der Waals surface area contributed by atoms with Crippen LogP contribution in [0.5, 0.6) is 0 Å². The van der Waals surface area contributed by atoms with Crippen molar-refractivity contribution in [3.63, 3.8) is 0 Å². The molecule has 4 aromatic heterocycles. The normalized spacial score (nSPS) is 28.1. The molecule has 6 aromatic rings. The lowest BCUT2D eigenvalue weighted by Gasteiger charge is -2.42. The first-order valence-corrected chi connectivity index (χ1v) is 46.0. The monoisotopic (exact) mass is 1800 g/mol. The van der Waals surface area contributed by atoms with E-state index in [2.05, 4.69) is 47.1 Å². The van der Waals surface area contributed by atoms with Crippen LogP contribution in [0.3, 0.4) is 0 Å². The molecule has 2 aromatic carbocycles. The number of anilines is 3. The Morgan fingerprint density at radius 1 is 0.792 bits per heavy atom. The Morgan fingerprint density at radius 2 is 1.58 bits per heavy atom. The molecule has 2 amide bonds. The Morgan fingerprint density at radius 3 is 2.35 bits per heavy atom. The van der Waals surface area contributed by atoms with Gasteiger partial charge >= 0.3 is 5.97 Å². The highest BCUT2D eigenvalue weighted by Crippen LogP contribution is 2.40. The maximum Gasteiger partial charge on any atom is 0.329 e. The Balaban J connectivity index is 0.564. The average Bonchev–Trinajstić information content (AvgIpc) is 1.54. The lowest BCUT2D eigenvalue weighted by atomic mass is 9.78. The number of esters is 1. The molecule has 16 atom stereocenters. The molecule has 1 aliphatic carbocycles. The quantitative estimate of drug-likeness (QED) is 0.00847. The van der Waals surface area contributed by atoms with Crippen molar-refractivity contribution in [2.75, 3.05) is 130 Å². The molecule has 4 fully saturated rings. The van der Waals surface area contributed by atoms with E-state index in [-0.39, 0.29) is 92.6 Å². The molecular weight excluding hydrogens is 1670 g/mol. The fourth-order valence-corrected chi connectivity index (χ4v) is 18.3. The largest absolute Gasteiger partial charge is 0.460 e. The third kappa shape index (κ3) is 26.3. The number of aliphatic hydroxyl groups is 3. The van der Waals surface area contributed by atoms with Gasteiger partial charge in [-0.3, -0.25) is 33.9 Å². The number of ketones is 3. The molecule has 35 nitrogen and oxygen atoms in total. The second-order valence-electron chi connectivity index (χ2n) is 35.6. The van der Waals surface area contributed by atoms with Crippen molar-refractivity contribution < 1.29 is 91.1 Å². The number of hydrazine groups is 2. The molecule has 35 heteroatoms. The number of rotatable bonds is 32. The molecule has 1 unspecified atom stereocenters. The maximum absolute atomic E-state index is 14.9. The van der Waals surface area contributed by atoms with Crippen LogP contribution in [0.4, 0.5) is 17.8 Å². The molecule has 12 rings (SSSR count). The summed E-state index contributed by atoms with van der Waals surface area (Å²) in [6.45, 7) is 19.4. The number of nitrogen functional groups attached to an aromatic ring is 2. The smallest absolute Gasteiger partial charge is 0.329 e. The number of amides is 2. The van der Waals surface area contributed by atoms with Crippen LogP contribution in [0.1, 0.15) is 150 Å². The average molecular weight is 1800 g/mol. The lowest BCUT2D eigenvalue weighted by Crippen LogP contribution is -2.61. The molecule has 0 radical (unpaired) electrons. The van der Waals surface area contributed by atoms with Gasteiger partial charge in [0.1, 0.15) is 53.5 Å². The van der Waals surface area contributed by atoms with Crippen molar-refractivity contribution in [1.29, 1.82) is 0 Å². The summed E-state index contributed by atoms with van der Waals surface area (Å²) in [6.07, 6.45) is 20.0. The number of piperazine rings is 1. The number of methoxy groups -OCH3 is 3. The number of unbranched alkanes of at least 4 members (excludes halogenated alkanes) is 1. The van der Waals surface area contributed by atoms with Crippen LogP contribution in [0.15, 0.2) is 125 Å². The molecule has 708 valence electrons. The van der Waals surface area contributed by atoms with Crippen molar-refractivity contribution in [3.05, 3.63) is 126 Å². The number of aryl methyl sites for hydroxylation is 1. The van der Waals surface area contributed by atoms with Crippen molar-refractivity contribution in [3.8, 4) is 22.4 Å². The third-order valence-corrected chi connectivity index (χ3v) is 26.0. The number of hydrogen-bond donors (Lipinski definition) is 8. The molecule has 2 bridgehead atoms. The number of ether oxygens (including phenoxy) is 9. The van der Waals surface area contributed by atoms with Crippen molar-refractivity contribution >= 4 is 75.0 Å². The number of oxazole rings is 1. The minimum atomic E-state index is -2.48. The van der Waals surface area contributed by atoms with Gasteiger partial charge in [0.15, 0.2) is 17.0 Å². The SMILES string of the molecule is CO[C@H]1C[C@@H]2CC[C@@H](C)[C@@](O)(O2)C(=O)C(=O)N2CCCC[C@H]2C(=O)O[C@H]([C@H](C)C[C@@H]2CC[C@@H](OCc3cccc(-c4cnc(N5CCN(CC6=CN(CCOCCOCCOCCC(=O)NCCCCn7nc(-c8ccc9oc(N)nc9c8)c8c(N)ncnc87)NN6)C(CO)C5)nc4)c3)[C@H](OC)C2)CC(=O)[C@H](C)/C=C(\C)[C@@H](O)[C@@H](OC)C(=O)[C@H](C)C[C@H](C)/C=C/C=C/C=C/1C. The van der Waals surface area contributed by atoms with Crippen LogP contribution >= 0.6 is 0 Å². The van der Waals surface area contributed by atoms with Gasteiger partial charge in [-0.2, -0.15) is 10.1 Å². The molecule has 1 saturated carbocycles. The van der Waals surface area contributed by atoms with Crippen LogP contribution in [0.2, 0.25) is 0 Å². The first-order chi connectivity index (χ1) is 62.7. The zero-order chi connectivity index (χ0) is 92.5. The first-order valence-electron chi connectivity index (χ1n) is 46.0. The van der Waals surface area contributed by atoms with Gasteiger partial charge < -0.3 is 94.4 Å². The number of carbonyl (C=O) groups excluding carboxylic acids is 6. The van der Waals surface area contributed by atoms with E-state index in [1.165, 1.54) is 18.3 Å². The number of nitrogens with one attached hydrogen (secondary N) is 3. The highest BCUT2D eigenvalue weighted by atomic mass is 16.6. The lowest BCUT2D eigenvalue weighted by molar-refractivity contribution is -0.265. The summed E-state index contributed by atoms with van der Waals surface area (Å²) in [7, 11) is 4.63. The number of nitrogens with two attached hydrogens (primary N) is 2. The molecule has 9 heterocycles. The molecule has 0 spiro atoms. The summed E-state index contributed by atoms with van der Waals surface area (Å²) in [5, 5.41) is 44.9. The Labute approximate surface area is 760 Å². The van der Waals surface area contributed by atoms with Gasteiger partial charge in [-0.05, 0) is 155 Å². The number of cyclic esters (lactones) is 1. The number of nitrogens with zero attached hydrogens (tertiary/aromatic N) is 11. The molecule has 3 saturated heterocycles. The van der Waals surface area contributed by atoms with E-state index >= 15 is 0 Å². The van der Waals surface area contributed by atoms with Gasteiger partial charge in [0.05, 0.1) is 101 Å². The summed E-state index contributed by atoms with van der Waals surface area (Å²) < 4.78 is 61.6. The highest BCUT2D eigenvalue weighted by molar-refractivity contribution is 6.39. The summed E-state index contributed by atoms with van der Waals surface area (Å²) in [5.41, 5.74) is 26.6. The van der Waals surface area contributed by atoms with Crippen molar-refractivity contribution in [2.24, 2.45) is 35.5 Å². The summed E-state index contributed by atoms with van der Waals surface area (Å²) in [4.78, 5) is 113. The topological polar surface area (TPSA) is 443 Å². The summed E-state index contributed by atoms with van der Waals surface area (Å²) in [6, 6.07) is 12.3. The fraction of sp³-hybridized carbons (Fsp3) is 0.600. The standard InChI is InChI=1S/C95H134N16O19/c1-59-19-12-11-13-20-60(2)79(121-8)49-73-27-24-65(7)95(120,130-73)88(117)91(118)110-32-16-14-23-75(110)92(119)128-80(50-76(113)61(3)44-64(6)86(116)87(123-10)85(115)63(5)43-59)62(4)45-66-25-28-78(81(47-66)122-9)127-57-67-21-18-22-68(46-67)70-51-99-94(100-52-70)108-35-34-107(72(55-108)56-112)53-71-54-109(106-104-71)36-38-125-40-42-126-41-39-124-37-30-82(114)98-31-15-17-33-111-90-83(89(96)101-58-102-90)84(105-111)69-26-29-77-74(48-69)103-93(97)129-77/h11-13,18-22,26,29,44,46,48,51-52,54,58-59,61-63,65-66,72-73,75,78-81,86-87,104,106,112,116,120H,14-17,23-25,27-28,30-43,45,47,49-50,53,55-57H2,1-10H3,(H2,97,103)(H,98,114)(H2,96,101,102)/b13-11+,19-12+,60-20+,64-44+/t59-,61-,62-,63-,65-,66+,72?,73+,75+,78-,79+,80+,81-,86-,87+,95-/m1/s1. The van der Waals surface area contributed by atoms with Gasteiger partial charge in [0.25, 0.3) is 17.7 Å². The van der Waals surface area contributed by atoms with Crippen molar-refractivity contribution in [1.82, 2.24) is 65.8 Å². The van der Waals surface area contributed by atoms with E-state index in [0.29, 0.717) is 188 Å². The van der Waals surface area contributed by atoms with Crippen LogP contribution in [0.25, 0.3) is 44.5 Å². The number of carbonyl (C=O) groups is 6. The van der Waals surface area contributed by atoms with Crippen LogP contribution in [-0.4, -0.2) is 274 Å². The highest BCUT2D eigenvalue weighted by Gasteiger charge is 2.53. The Bertz CT molecular complexity index is 4920. The number of aliphatic hydroxyl groups excluding tert-OH is 2. The first kappa shape index (κ1) is 99.2. The van der Waals surface area contributed by atoms with E-state index in [1.54, 1.807) is 51.8 Å². The third-order valence-electron chi connectivity index (χ3n) is 26.0. The van der Waals surface area contributed by atoms with Gasteiger partial charge in [0, 0.05) is 134 Å². The number of hydrogen-bond acceptors (Lipinski definition) is 32. The van der Waals surface area contributed by atoms with Crippen LogP contribution in [-0.2, 0) is 84.6 Å². The minimum absolute atomic E-state index is 0.0135. The number of fused-ring (bicyclic) bond motifs is 5. The van der Waals surface area contributed by atoms with E-state index in [1.807, 2.05) is 112 Å². The molecular formula is C95H134N16O19. The van der Waals surface area contributed by atoms with E-state index in [4.69, 9.17) is 73.6 Å².